The lowest BCUT2D eigenvalue weighted by molar-refractivity contribution is 0.0893. The highest BCUT2D eigenvalue weighted by atomic mass is 16.5. The summed E-state index contributed by atoms with van der Waals surface area (Å²) in [6, 6.07) is 7.27. The zero-order valence-corrected chi connectivity index (χ0v) is 22.1. The maximum absolute atomic E-state index is 5.28. The zero-order chi connectivity index (χ0) is 25.4. The highest BCUT2D eigenvalue weighted by molar-refractivity contribution is 5.82. The average Bonchev–Trinajstić information content (AvgIpc) is 3.47. The number of methoxy groups -OCH3 is 1. The third-order valence-corrected chi connectivity index (χ3v) is 8.08. The number of nitrogens with zero attached hydrogens (tertiary/aromatic N) is 8. The molecule has 0 spiro atoms. The Hall–Kier alpha value is -3.08. The van der Waals surface area contributed by atoms with Crippen LogP contribution in [0.25, 0.3) is 27.9 Å². The Balaban J connectivity index is 1.15. The van der Waals surface area contributed by atoms with Gasteiger partial charge in [-0.1, -0.05) is 0 Å². The number of likely N-dealkylation sites (N-methyl/N-ethyl adjacent to an activating group) is 1. The van der Waals surface area contributed by atoms with Gasteiger partial charge in [-0.2, -0.15) is 0 Å². The van der Waals surface area contributed by atoms with Crippen LogP contribution in [0.3, 0.4) is 0 Å². The maximum Gasteiger partial charge on any atom is 0.241 e. The summed E-state index contributed by atoms with van der Waals surface area (Å²) >= 11 is 0. The molecule has 1 N–H and O–H groups in total. The van der Waals surface area contributed by atoms with E-state index in [1.54, 1.807) is 7.11 Å². The molecule has 0 unspecified atom stereocenters. The molecule has 1 saturated heterocycles. The Morgan fingerprint density at radius 3 is 2.62 bits per heavy atom. The van der Waals surface area contributed by atoms with Crippen LogP contribution in [0.5, 0.6) is 0 Å². The maximum atomic E-state index is 5.28. The Morgan fingerprint density at radius 2 is 1.84 bits per heavy atom. The molecule has 0 aromatic carbocycles. The predicted molar refractivity (Wildman–Crippen MR) is 145 cm³/mol. The molecule has 6 rings (SSSR count). The topological polar surface area (TPSA) is 88.6 Å². The van der Waals surface area contributed by atoms with Gasteiger partial charge in [0.05, 0.1) is 24.0 Å². The summed E-state index contributed by atoms with van der Waals surface area (Å²) in [6.45, 7) is 8.12. The standard InChI is InChI=1S/C27H37N9O/c1-19-29-24-9-8-23(31-26(24)35(19)16-17-37-3)22-10-11-36-25(22)18-28-27(32-36)30-20-4-6-21(7-5-20)34-14-12-33(2)13-15-34/h8-11,18,20-21H,4-7,12-17H2,1-3H3,(H,30,32)/t20-,21+. The SMILES string of the molecule is COCCn1c(C)nc2ccc(-c3ccn4nc(N[C@H]5CC[C@@H](N6CCN(C)CC6)CC5)ncc34)nc21. The number of ether oxygens (including phenoxy) is 1. The highest BCUT2D eigenvalue weighted by Gasteiger charge is 2.28. The lowest BCUT2D eigenvalue weighted by atomic mass is 9.90. The van der Waals surface area contributed by atoms with Crippen molar-refractivity contribution >= 4 is 22.6 Å². The predicted octanol–water partition coefficient (Wildman–Crippen LogP) is 3.07. The van der Waals surface area contributed by atoms with Crippen molar-refractivity contribution < 1.29 is 4.74 Å². The minimum absolute atomic E-state index is 0.427. The molecular weight excluding hydrogens is 466 g/mol. The number of fused-ring (bicyclic) bond motifs is 2. The van der Waals surface area contributed by atoms with Crippen LogP contribution in [0.15, 0.2) is 30.6 Å². The first-order valence-electron chi connectivity index (χ1n) is 13.5. The third-order valence-electron chi connectivity index (χ3n) is 8.08. The van der Waals surface area contributed by atoms with Crippen LogP contribution < -0.4 is 5.32 Å². The number of hydrogen-bond acceptors (Lipinski definition) is 8. The van der Waals surface area contributed by atoms with Gasteiger partial charge in [0.25, 0.3) is 0 Å². The monoisotopic (exact) mass is 503 g/mol. The van der Waals surface area contributed by atoms with Crippen molar-refractivity contribution in [3.63, 3.8) is 0 Å². The molecule has 2 aliphatic rings. The highest BCUT2D eigenvalue weighted by Crippen LogP contribution is 2.28. The minimum atomic E-state index is 0.427. The van der Waals surface area contributed by atoms with Gasteiger partial charge < -0.3 is 19.5 Å². The molecule has 1 aliphatic carbocycles. The molecule has 196 valence electrons. The summed E-state index contributed by atoms with van der Waals surface area (Å²) in [5.74, 6) is 1.63. The molecule has 37 heavy (non-hydrogen) atoms. The largest absolute Gasteiger partial charge is 0.383 e. The van der Waals surface area contributed by atoms with Crippen molar-refractivity contribution in [1.29, 1.82) is 0 Å². The van der Waals surface area contributed by atoms with E-state index in [-0.39, 0.29) is 0 Å². The number of imidazole rings is 1. The molecule has 0 atom stereocenters. The number of piperazine rings is 1. The van der Waals surface area contributed by atoms with Gasteiger partial charge in [-0.25, -0.2) is 19.5 Å². The second kappa shape index (κ2) is 10.4. The molecule has 10 heteroatoms. The van der Waals surface area contributed by atoms with Gasteiger partial charge in [0.2, 0.25) is 5.95 Å². The second-order valence-electron chi connectivity index (χ2n) is 10.5. The van der Waals surface area contributed by atoms with Gasteiger partial charge in [-0.15, -0.1) is 5.10 Å². The number of rotatable bonds is 7. The number of hydrogen-bond donors (Lipinski definition) is 1. The zero-order valence-electron chi connectivity index (χ0n) is 22.1. The molecular formula is C27H37N9O. The normalized spacial score (nSPS) is 21.7. The van der Waals surface area contributed by atoms with E-state index in [9.17, 15) is 0 Å². The minimum Gasteiger partial charge on any atom is -0.383 e. The van der Waals surface area contributed by atoms with Crippen molar-refractivity contribution in [2.45, 2.75) is 51.2 Å². The van der Waals surface area contributed by atoms with E-state index >= 15 is 0 Å². The van der Waals surface area contributed by atoms with Gasteiger partial charge in [0.1, 0.15) is 11.3 Å². The first-order chi connectivity index (χ1) is 18.1. The number of aromatic nitrogens is 6. The van der Waals surface area contributed by atoms with Crippen molar-refractivity contribution in [3.8, 4) is 11.3 Å². The fraction of sp³-hybridized carbons (Fsp3) is 0.556. The second-order valence-corrected chi connectivity index (χ2v) is 10.5. The van der Waals surface area contributed by atoms with Crippen molar-refractivity contribution in [2.24, 2.45) is 0 Å². The Bertz CT molecular complexity index is 1360. The summed E-state index contributed by atoms with van der Waals surface area (Å²) in [5.41, 5.74) is 4.61. The molecule has 10 nitrogen and oxygen atoms in total. The lowest BCUT2D eigenvalue weighted by Gasteiger charge is -2.41. The summed E-state index contributed by atoms with van der Waals surface area (Å²) in [7, 11) is 3.93. The summed E-state index contributed by atoms with van der Waals surface area (Å²) in [4.78, 5) is 19.4. The van der Waals surface area contributed by atoms with E-state index < -0.39 is 0 Å². The lowest BCUT2D eigenvalue weighted by Crippen LogP contribution is -2.50. The van der Waals surface area contributed by atoms with Crippen LogP contribution in [0.2, 0.25) is 0 Å². The molecule has 1 saturated carbocycles. The quantitative estimate of drug-likeness (QED) is 0.412. The number of pyridine rings is 1. The first-order valence-corrected chi connectivity index (χ1v) is 13.5. The van der Waals surface area contributed by atoms with Crippen LogP contribution in [-0.2, 0) is 11.3 Å². The van der Waals surface area contributed by atoms with Crippen LogP contribution in [-0.4, -0.2) is 98.0 Å². The summed E-state index contributed by atoms with van der Waals surface area (Å²) in [6.07, 6.45) is 8.70. The Labute approximate surface area is 217 Å². The van der Waals surface area contributed by atoms with Gasteiger partial charge in [0.15, 0.2) is 5.65 Å². The number of aryl methyl sites for hydroxylation is 1. The van der Waals surface area contributed by atoms with E-state index in [2.05, 4.69) is 42.8 Å². The van der Waals surface area contributed by atoms with Gasteiger partial charge in [0, 0.05) is 63.7 Å². The molecule has 0 radical (unpaired) electrons. The van der Waals surface area contributed by atoms with E-state index in [0.717, 1.165) is 59.2 Å². The van der Waals surface area contributed by atoms with Crippen LogP contribution in [0.1, 0.15) is 31.5 Å². The summed E-state index contributed by atoms with van der Waals surface area (Å²) < 4.78 is 9.29. The van der Waals surface area contributed by atoms with Crippen LogP contribution in [0.4, 0.5) is 5.95 Å². The van der Waals surface area contributed by atoms with Gasteiger partial charge in [-0.05, 0) is 57.9 Å². The molecule has 0 bridgehead atoms. The Morgan fingerprint density at radius 1 is 1.03 bits per heavy atom. The van der Waals surface area contributed by atoms with Gasteiger partial charge in [-0.3, -0.25) is 4.90 Å². The van der Waals surface area contributed by atoms with Crippen molar-refractivity contribution in [1.82, 2.24) is 38.9 Å². The fourth-order valence-electron chi connectivity index (χ4n) is 5.85. The first kappa shape index (κ1) is 24.3. The van der Waals surface area contributed by atoms with E-state index in [1.807, 2.05) is 36.0 Å². The van der Waals surface area contributed by atoms with E-state index in [0.29, 0.717) is 18.6 Å². The van der Waals surface area contributed by atoms with Crippen molar-refractivity contribution in [2.75, 3.05) is 52.3 Å². The smallest absolute Gasteiger partial charge is 0.241 e. The van der Waals surface area contributed by atoms with E-state index in [4.69, 9.17) is 14.8 Å². The third kappa shape index (κ3) is 4.93. The molecule has 2 fully saturated rings. The number of nitrogens with one attached hydrogen (secondary N) is 1. The Kier molecular flexibility index (Phi) is 6.79. The molecule has 4 aromatic rings. The molecule has 0 amide bonds. The fourth-order valence-corrected chi connectivity index (χ4v) is 5.85. The summed E-state index contributed by atoms with van der Waals surface area (Å²) in [5, 5.41) is 8.37. The van der Waals surface area contributed by atoms with Gasteiger partial charge >= 0.3 is 0 Å². The van der Waals surface area contributed by atoms with Crippen LogP contribution >= 0.6 is 0 Å². The van der Waals surface area contributed by atoms with Crippen molar-refractivity contribution in [3.05, 3.63) is 36.4 Å². The van der Waals surface area contributed by atoms with Crippen LogP contribution in [0, 0.1) is 6.92 Å². The average molecular weight is 504 g/mol. The molecule has 1 aliphatic heterocycles. The molecule has 5 heterocycles. The molecule has 4 aromatic heterocycles. The van der Waals surface area contributed by atoms with E-state index in [1.165, 1.54) is 39.0 Å². The number of anilines is 1.